The lowest BCUT2D eigenvalue weighted by Gasteiger charge is -2.30. The minimum Gasteiger partial charge on any atom is -0.297 e. The summed E-state index contributed by atoms with van der Waals surface area (Å²) in [6.45, 7) is 0.514. The van der Waals surface area contributed by atoms with Crippen molar-refractivity contribution in [3.05, 3.63) is 41.7 Å². The molecular formula is C13H14F3N5. The molecule has 0 radical (unpaired) electrons. The van der Waals surface area contributed by atoms with Gasteiger partial charge in [0, 0.05) is 0 Å². The van der Waals surface area contributed by atoms with Crippen LogP contribution in [-0.4, -0.2) is 32.9 Å². The van der Waals surface area contributed by atoms with Crippen LogP contribution >= 0.6 is 0 Å². The van der Waals surface area contributed by atoms with Crippen LogP contribution in [0, 0.1) is 0 Å². The van der Waals surface area contributed by atoms with E-state index in [2.05, 4.69) is 20.8 Å². The van der Waals surface area contributed by atoms with E-state index in [1.165, 1.54) is 4.68 Å². The number of tetrazole rings is 1. The number of nitrogens with zero attached hydrogens (tertiary/aromatic N) is 4. The van der Waals surface area contributed by atoms with Crippen LogP contribution in [0.1, 0.15) is 24.2 Å². The number of benzene rings is 1. The first-order valence-corrected chi connectivity index (χ1v) is 6.65. The van der Waals surface area contributed by atoms with Crippen molar-refractivity contribution >= 4 is 0 Å². The number of alkyl halides is 3. The van der Waals surface area contributed by atoms with Crippen LogP contribution in [0.5, 0.6) is 0 Å². The molecule has 0 aliphatic carbocycles. The van der Waals surface area contributed by atoms with Crippen LogP contribution < -0.4 is 5.32 Å². The largest absolute Gasteiger partial charge is 0.413 e. The molecular weight excluding hydrogens is 283 g/mol. The van der Waals surface area contributed by atoms with Gasteiger partial charge in [-0.3, -0.25) is 5.32 Å². The summed E-state index contributed by atoms with van der Waals surface area (Å²) in [6, 6.07) is 9.15. The average molecular weight is 297 g/mol. The molecule has 0 amide bonds. The number of hydrogen-bond acceptors (Lipinski definition) is 4. The fourth-order valence-corrected chi connectivity index (χ4v) is 2.68. The molecule has 1 aromatic heterocycles. The van der Waals surface area contributed by atoms with Crippen molar-refractivity contribution in [1.29, 1.82) is 0 Å². The van der Waals surface area contributed by atoms with E-state index < -0.39 is 11.7 Å². The second-order valence-electron chi connectivity index (χ2n) is 5.08. The second kappa shape index (κ2) is 5.10. The Kier molecular flexibility index (Phi) is 3.40. The maximum Gasteiger partial charge on any atom is 0.413 e. The molecule has 0 spiro atoms. The van der Waals surface area contributed by atoms with Crippen LogP contribution in [0.4, 0.5) is 13.2 Å². The van der Waals surface area contributed by atoms with E-state index in [0.717, 1.165) is 5.56 Å². The number of hydrogen-bond donors (Lipinski definition) is 1. The Morgan fingerprint density at radius 2 is 2.00 bits per heavy atom. The molecule has 1 fully saturated rings. The lowest BCUT2D eigenvalue weighted by molar-refractivity contribution is -0.199. The molecule has 1 unspecified atom stereocenters. The van der Waals surface area contributed by atoms with Gasteiger partial charge in [0.25, 0.3) is 0 Å². The Balaban J connectivity index is 1.98. The summed E-state index contributed by atoms with van der Waals surface area (Å²) < 4.78 is 41.8. The van der Waals surface area contributed by atoms with Gasteiger partial charge in [-0.25, -0.2) is 4.68 Å². The average Bonchev–Trinajstić information content (AvgIpc) is 3.08. The van der Waals surface area contributed by atoms with E-state index >= 15 is 0 Å². The lowest BCUT2D eigenvalue weighted by Crippen LogP contribution is -2.51. The Morgan fingerprint density at radius 1 is 1.24 bits per heavy atom. The lowest BCUT2D eigenvalue weighted by atomic mass is 9.95. The zero-order valence-electron chi connectivity index (χ0n) is 11.1. The maximum absolute atomic E-state index is 13.5. The highest BCUT2D eigenvalue weighted by molar-refractivity contribution is 5.17. The van der Waals surface area contributed by atoms with Crippen LogP contribution in [0.2, 0.25) is 0 Å². The van der Waals surface area contributed by atoms with Crippen LogP contribution in [-0.2, 0) is 12.1 Å². The van der Waals surface area contributed by atoms with Gasteiger partial charge in [-0.1, -0.05) is 30.3 Å². The minimum atomic E-state index is -4.44. The zero-order valence-corrected chi connectivity index (χ0v) is 11.1. The quantitative estimate of drug-likeness (QED) is 0.939. The standard InChI is InChI=1S/C13H14F3N5/c14-13(15,16)12(7-4-8-17-12)11-18-19-20-21(11)9-10-5-2-1-3-6-10/h1-3,5-6,17H,4,7-9H2. The highest BCUT2D eigenvalue weighted by atomic mass is 19.4. The molecule has 1 atom stereocenters. The van der Waals surface area contributed by atoms with Gasteiger partial charge in [0.05, 0.1) is 6.54 Å². The van der Waals surface area contributed by atoms with Crippen molar-refractivity contribution in [2.24, 2.45) is 0 Å². The topological polar surface area (TPSA) is 55.6 Å². The van der Waals surface area contributed by atoms with E-state index in [9.17, 15) is 13.2 Å². The molecule has 1 N–H and O–H groups in total. The van der Waals surface area contributed by atoms with Gasteiger partial charge in [-0.15, -0.1) is 5.10 Å². The first-order valence-electron chi connectivity index (χ1n) is 6.65. The van der Waals surface area contributed by atoms with Gasteiger partial charge in [-0.2, -0.15) is 13.2 Å². The summed E-state index contributed by atoms with van der Waals surface area (Å²) >= 11 is 0. The van der Waals surface area contributed by atoms with Gasteiger partial charge < -0.3 is 0 Å². The molecule has 1 aliphatic rings. The Bertz CT molecular complexity index is 602. The van der Waals surface area contributed by atoms with Crippen molar-refractivity contribution < 1.29 is 13.2 Å². The van der Waals surface area contributed by atoms with E-state index in [4.69, 9.17) is 0 Å². The third-order valence-corrected chi connectivity index (χ3v) is 3.73. The fourth-order valence-electron chi connectivity index (χ4n) is 2.68. The normalized spacial score (nSPS) is 22.6. The number of rotatable bonds is 3. The van der Waals surface area contributed by atoms with E-state index in [0.29, 0.717) is 13.0 Å². The molecule has 0 bridgehead atoms. The molecule has 1 aromatic carbocycles. The predicted molar refractivity (Wildman–Crippen MR) is 68.3 cm³/mol. The monoisotopic (exact) mass is 297 g/mol. The predicted octanol–water partition coefficient (Wildman–Crippen LogP) is 1.86. The molecule has 2 aromatic rings. The molecule has 8 heteroatoms. The highest BCUT2D eigenvalue weighted by Gasteiger charge is 2.60. The van der Waals surface area contributed by atoms with Gasteiger partial charge in [0.2, 0.25) is 0 Å². The van der Waals surface area contributed by atoms with Crippen molar-refractivity contribution in [3.8, 4) is 0 Å². The maximum atomic E-state index is 13.5. The molecule has 5 nitrogen and oxygen atoms in total. The molecule has 1 saturated heterocycles. The van der Waals surface area contributed by atoms with Gasteiger partial charge in [-0.05, 0) is 35.4 Å². The molecule has 1 aliphatic heterocycles. The van der Waals surface area contributed by atoms with E-state index in [1.807, 2.05) is 30.3 Å². The smallest absolute Gasteiger partial charge is 0.297 e. The number of aromatic nitrogens is 4. The molecule has 0 saturated carbocycles. The van der Waals surface area contributed by atoms with Crippen molar-refractivity contribution in [1.82, 2.24) is 25.5 Å². The first-order chi connectivity index (χ1) is 10.0. The van der Waals surface area contributed by atoms with Crippen molar-refractivity contribution in [3.63, 3.8) is 0 Å². The Morgan fingerprint density at radius 3 is 2.62 bits per heavy atom. The zero-order chi connectivity index (χ0) is 14.9. The van der Waals surface area contributed by atoms with Gasteiger partial charge in [0.15, 0.2) is 11.4 Å². The molecule has 2 heterocycles. The number of halogens is 3. The number of nitrogens with one attached hydrogen (secondary N) is 1. The summed E-state index contributed by atoms with van der Waals surface area (Å²) in [6.07, 6.45) is -4.05. The summed E-state index contributed by atoms with van der Waals surface area (Å²) in [4.78, 5) is 0. The summed E-state index contributed by atoms with van der Waals surface area (Å²) in [7, 11) is 0. The van der Waals surface area contributed by atoms with Crippen LogP contribution in [0.15, 0.2) is 30.3 Å². The highest BCUT2D eigenvalue weighted by Crippen LogP contribution is 2.43. The molecule has 3 rings (SSSR count). The van der Waals surface area contributed by atoms with E-state index in [1.54, 1.807) is 0 Å². The third kappa shape index (κ3) is 2.39. The molecule has 21 heavy (non-hydrogen) atoms. The Labute approximate surface area is 119 Å². The minimum absolute atomic E-state index is 0.0499. The summed E-state index contributed by atoms with van der Waals surface area (Å²) in [5, 5.41) is 13.4. The van der Waals surface area contributed by atoms with Crippen LogP contribution in [0.3, 0.4) is 0 Å². The van der Waals surface area contributed by atoms with Crippen molar-refractivity contribution in [2.75, 3.05) is 6.54 Å². The van der Waals surface area contributed by atoms with Gasteiger partial charge >= 0.3 is 6.18 Å². The summed E-state index contributed by atoms with van der Waals surface area (Å²) in [5.41, 5.74) is -1.30. The SMILES string of the molecule is FC(F)(F)C1(c2nnnn2Cc2ccccc2)CCCN1. The third-order valence-electron chi connectivity index (χ3n) is 3.73. The van der Waals surface area contributed by atoms with E-state index in [-0.39, 0.29) is 18.8 Å². The van der Waals surface area contributed by atoms with Crippen LogP contribution in [0.25, 0.3) is 0 Å². The second-order valence-corrected chi connectivity index (χ2v) is 5.08. The molecule has 112 valence electrons. The van der Waals surface area contributed by atoms with Gasteiger partial charge in [0.1, 0.15) is 0 Å². The Hall–Kier alpha value is -1.96. The fraction of sp³-hybridized carbons (Fsp3) is 0.462. The summed E-state index contributed by atoms with van der Waals surface area (Å²) in [5.74, 6) is -0.170. The van der Waals surface area contributed by atoms with Crippen molar-refractivity contribution in [2.45, 2.75) is 31.1 Å². The first kappa shape index (κ1) is 14.0.